The summed E-state index contributed by atoms with van der Waals surface area (Å²) in [6, 6.07) is 21.5. The first-order valence-corrected chi connectivity index (χ1v) is 9.26. The van der Waals surface area contributed by atoms with E-state index < -0.39 is 0 Å². The second kappa shape index (κ2) is 7.67. The quantitative estimate of drug-likeness (QED) is 0.413. The number of nitrogens with zero attached hydrogens (tertiary/aromatic N) is 3. The summed E-state index contributed by atoms with van der Waals surface area (Å²) in [6.45, 7) is 9.89. The predicted molar refractivity (Wildman–Crippen MR) is 115 cm³/mol. The molecule has 4 aromatic rings. The summed E-state index contributed by atoms with van der Waals surface area (Å²) in [7, 11) is 0. The second-order valence-electron chi connectivity index (χ2n) is 6.54. The van der Waals surface area contributed by atoms with Crippen molar-refractivity contribution in [2.24, 2.45) is 0 Å². The molecule has 1 heterocycles. The van der Waals surface area contributed by atoms with Crippen molar-refractivity contribution < 1.29 is 0 Å². The van der Waals surface area contributed by atoms with E-state index in [1.165, 1.54) is 0 Å². The molecule has 0 bridgehead atoms. The zero-order valence-corrected chi connectivity index (χ0v) is 16.0. The van der Waals surface area contributed by atoms with Gasteiger partial charge < -0.3 is 5.32 Å². The standard InChI is InChI=1S/C23H17ClN4/c1-15-8-9-16(12-21(15)24)14-26-23-20-13-18(25-2)10-11-19(20)22(27-28-23)17-6-4-3-5-7-17/h3-13H,14H2,1H3,(H,26,28). The van der Waals surface area contributed by atoms with E-state index in [1.54, 1.807) is 0 Å². The maximum Gasteiger partial charge on any atom is 0.188 e. The van der Waals surface area contributed by atoms with Crippen LogP contribution < -0.4 is 5.32 Å². The summed E-state index contributed by atoms with van der Waals surface area (Å²) in [5.41, 5.74) is 4.47. The van der Waals surface area contributed by atoms with E-state index in [1.807, 2.05) is 73.7 Å². The highest BCUT2D eigenvalue weighted by atomic mass is 35.5. The number of halogens is 1. The number of hydrogen-bond acceptors (Lipinski definition) is 3. The third-order valence-electron chi connectivity index (χ3n) is 4.64. The SMILES string of the molecule is [C-]#[N+]c1ccc2c(-c3ccccc3)nnc(NCc3ccc(C)c(Cl)c3)c2c1. The normalized spacial score (nSPS) is 10.6. The summed E-state index contributed by atoms with van der Waals surface area (Å²) in [5.74, 6) is 0.650. The van der Waals surface area contributed by atoms with Crippen LogP contribution in [0.2, 0.25) is 5.02 Å². The van der Waals surface area contributed by atoms with Gasteiger partial charge in [0.25, 0.3) is 0 Å². The van der Waals surface area contributed by atoms with Crippen LogP contribution >= 0.6 is 11.6 Å². The van der Waals surface area contributed by atoms with Gasteiger partial charge in [0, 0.05) is 27.9 Å². The number of hydrogen-bond donors (Lipinski definition) is 1. The van der Waals surface area contributed by atoms with Crippen LogP contribution in [0.1, 0.15) is 11.1 Å². The molecule has 0 atom stereocenters. The van der Waals surface area contributed by atoms with E-state index in [4.69, 9.17) is 18.2 Å². The predicted octanol–water partition coefficient (Wildman–Crippen LogP) is 6.42. The van der Waals surface area contributed by atoms with Gasteiger partial charge in [0.1, 0.15) is 5.69 Å². The van der Waals surface area contributed by atoms with E-state index in [0.29, 0.717) is 18.1 Å². The Bertz CT molecular complexity index is 1200. The Labute approximate surface area is 168 Å². The van der Waals surface area contributed by atoms with Crippen LogP contribution in [0.5, 0.6) is 0 Å². The molecule has 0 spiro atoms. The lowest BCUT2D eigenvalue weighted by Crippen LogP contribution is -2.04. The monoisotopic (exact) mass is 384 g/mol. The van der Waals surface area contributed by atoms with Crippen molar-refractivity contribution in [1.29, 1.82) is 0 Å². The molecule has 3 aromatic carbocycles. The molecule has 4 nitrogen and oxygen atoms in total. The molecule has 136 valence electrons. The van der Waals surface area contributed by atoms with Crippen LogP contribution in [-0.2, 0) is 6.54 Å². The summed E-state index contributed by atoms with van der Waals surface area (Å²) >= 11 is 6.23. The molecule has 0 fully saturated rings. The summed E-state index contributed by atoms with van der Waals surface area (Å²) in [6.07, 6.45) is 0. The van der Waals surface area contributed by atoms with Crippen molar-refractivity contribution in [3.8, 4) is 11.3 Å². The van der Waals surface area contributed by atoms with Crippen molar-refractivity contribution in [2.45, 2.75) is 13.5 Å². The largest absolute Gasteiger partial charge is 0.364 e. The summed E-state index contributed by atoms with van der Waals surface area (Å²) < 4.78 is 0. The molecule has 1 N–H and O–H groups in total. The molecular weight excluding hydrogens is 368 g/mol. The van der Waals surface area contributed by atoms with E-state index in [9.17, 15) is 0 Å². The number of fused-ring (bicyclic) bond motifs is 1. The van der Waals surface area contributed by atoms with Gasteiger partial charge in [-0.15, -0.1) is 10.2 Å². The van der Waals surface area contributed by atoms with Gasteiger partial charge in [-0.3, -0.25) is 0 Å². The second-order valence-corrected chi connectivity index (χ2v) is 6.95. The highest BCUT2D eigenvalue weighted by molar-refractivity contribution is 6.31. The molecule has 28 heavy (non-hydrogen) atoms. The third kappa shape index (κ3) is 3.53. The molecule has 1 aromatic heterocycles. The molecule has 5 heteroatoms. The smallest absolute Gasteiger partial charge is 0.188 e. The number of aromatic nitrogens is 2. The van der Waals surface area contributed by atoms with E-state index in [0.717, 1.165) is 38.2 Å². The average Bonchev–Trinajstić information content (AvgIpc) is 2.74. The lowest BCUT2D eigenvalue weighted by molar-refractivity contribution is 1.02. The van der Waals surface area contributed by atoms with Crippen LogP contribution in [0.15, 0.2) is 66.7 Å². The van der Waals surface area contributed by atoms with E-state index >= 15 is 0 Å². The minimum absolute atomic E-state index is 0.566. The van der Waals surface area contributed by atoms with Gasteiger partial charge >= 0.3 is 0 Å². The fourth-order valence-electron chi connectivity index (χ4n) is 3.08. The van der Waals surface area contributed by atoms with Gasteiger partial charge in [0.15, 0.2) is 11.5 Å². The Morgan fingerprint density at radius 3 is 2.54 bits per heavy atom. The van der Waals surface area contributed by atoms with Gasteiger partial charge in [-0.25, -0.2) is 4.85 Å². The fraction of sp³-hybridized carbons (Fsp3) is 0.0870. The van der Waals surface area contributed by atoms with Crippen molar-refractivity contribution in [2.75, 3.05) is 5.32 Å². The fourth-order valence-corrected chi connectivity index (χ4v) is 3.29. The maximum absolute atomic E-state index is 7.34. The highest BCUT2D eigenvalue weighted by Gasteiger charge is 2.12. The zero-order valence-electron chi connectivity index (χ0n) is 15.3. The van der Waals surface area contributed by atoms with Crippen molar-refractivity contribution in [1.82, 2.24) is 10.2 Å². The number of nitrogens with one attached hydrogen (secondary N) is 1. The maximum atomic E-state index is 7.34. The van der Waals surface area contributed by atoms with Crippen LogP contribution in [0.4, 0.5) is 11.5 Å². The van der Waals surface area contributed by atoms with Gasteiger partial charge in [-0.2, -0.15) is 0 Å². The minimum Gasteiger partial charge on any atom is -0.364 e. The third-order valence-corrected chi connectivity index (χ3v) is 5.04. The molecule has 4 rings (SSSR count). The van der Waals surface area contributed by atoms with Crippen molar-refractivity contribution >= 4 is 33.9 Å². The first-order valence-electron chi connectivity index (χ1n) is 8.88. The molecule has 0 aliphatic heterocycles. The molecule has 0 unspecified atom stereocenters. The number of benzene rings is 3. The van der Waals surface area contributed by atoms with Crippen LogP contribution in [0.3, 0.4) is 0 Å². The molecular formula is C23H17ClN4. The van der Waals surface area contributed by atoms with Gasteiger partial charge in [0.05, 0.1) is 6.57 Å². The first kappa shape index (κ1) is 18.0. The minimum atomic E-state index is 0.566. The summed E-state index contributed by atoms with van der Waals surface area (Å²) in [4.78, 5) is 3.56. The van der Waals surface area contributed by atoms with Gasteiger partial charge in [-0.1, -0.05) is 66.2 Å². The lowest BCUT2D eigenvalue weighted by atomic mass is 10.0. The van der Waals surface area contributed by atoms with E-state index in [-0.39, 0.29) is 0 Å². The Morgan fingerprint density at radius 2 is 1.79 bits per heavy atom. The Hall–Kier alpha value is -3.42. The van der Waals surface area contributed by atoms with Crippen molar-refractivity contribution in [3.05, 3.63) is 94.3 Å². The molecule has 0 aliphatic carbocycles. The number of anilines is 1. The molecule has 0 amide bonds. The van der Waals surface area contributed by atoms with Crippen LogP contribution in [0.25, 0.3) is 26.9 Å². The number of rotatable bonds is 4. The van der Waals surface area contributed by atoms with Crippen LogP contribution in [-0.4, -0.2) is 10.2 Å². The van der Waals surface area contributed by atoms with Gasteiger partial charge in [0.2, 0.25) is 0 Å². The average molecular weight is 385 g/mol. The molecule has 0 saturated carbocycles. The topological polar surface area (TPSA) is 42.2 Å². The molecule has 0 aliphatic rings. The zero-order chi connectivity index (χ0) is 19.5. The molecule has 0 radical (unpaired) electrons. The molecule has 0 saturated heterocycles. The Morgan fingerprint density at radius 1 is 0.964 bits per heavy atom. The number of aryl methyl sites for hydroxylation is 1. The van der Waals surface area contributed by atoms with Crippen LogP contribution in [0, 0.1) is 13.5 Å². The van der Waals surface area contributed by atoms with Crippen molar-refractivity contribution in [3.63, 3.8) is 0 Å². The lowest BCUT2D eigenvalue weighted by Gasteiger charge is -2.12. The van der Waals surface area contributed by atoms with Gasteiger partial charge in [-0.05, 0) is 30.2 Å². The first-order chi connectivity index (χ1) is 13.7. The Kier molecular flexibility index (Phi) is 4.92. The van der Waals surface area contributed by atoms with E-state index in [2.05, 4.69) is 20.4 Å². The Balaban J connectivity index is 1.76. The highest BCUT2D eigenvalue weighted by Crippen LogP contribution is 2.32. The summed E-state index contributed by atoms with van der Waals surface area (Å²) in [5, 5.41) is 14.8.